The Hall–Kier alpha value is -3.34. The predicted molar refractivity (Wildman–Crippen MR) is 98.5 cm³/mol. The second-order valence-corrected chi connectivity index (χ2v) is 6.02. The normalized spacial score (nSPS) is 16.0. The molecular formula is C20H17N3O2. The van der Waals surface area contributed by atoms with Gasteiger partial charge in [0.15, 0.2) is 0 Å². The minimum atomic E-state index is -0.373. The third-order valence-electron chi connectivity index (χ3n) is 4.47. The van der Waals surface area contributed by atoms with Crippen LogP contribution in [0.1, 0.15) is 17.3 Å². The van der Waals surface area contributed by atoms with Crippen molar-refractivity contribution in [3.8, 4) is 0 Å². The third kappa shape index (κ3) is 2.92. The fourth-order valence-corrected chi connectivity index (χ4v) is 3.20. The molecule has 0 saturated carbocycles. The number of nitrogens with one attached hydrogen (secondary N) is 1. The summed E-state index contributed by atoms with van der Waals surface area (Å²) < 4.78 is 0. The third-order valence-corrected chi connectivity index (χ3v) is 4.47. The fourth-order valence-electron chi connectivity index (χ4n) is 3.20. The molecule has 0 bridgehead atoms. The van der Waals surface area contributed by atoms with Crippen LogP contribution in [0.25, 0.3) is 0 Å². The first kappa shape index (κ1) is 15.2. The van der Waals surface area contributed by atoms with Crippen molar-refractivity contribution < 1.29 is 4.92 Å². The summed E-state index contributed by atoms with van der Waals surface area (Å²) in [4.78, 5) is 12.8. The topological polar surface area (TPSA) is 58.4 Å². The van der Waals surface area contributed by atoms with E-state index in [-0.39, 0.29) is 16.8 Å². The number of non-ortho nitro benzene ring substituents is 1. The van der Waals surface area contributed by atoms with Gasteiger partial charge in [-0.15, -0.1) is 0 Å². The molecule has 4 rings (SSSR count). The largest absolute Gasteiger partial charge is 0.361 e. The van der Waals surface area contributed by atoms with Crippen molar-refractivity contribution in [2.45, 2.75) is 12.7 Å². The zero-order valence-electron chi connectivity index (χ0n) is 13.5. The van der Waals surface area contributed by atoms with Gasteiger partial charge in [-0.25, -0.2) is 0 Å². The molecule has 124 valence electrons. The van der Waals surface area contributed by atoms with Crippen molar-refractivity contribution in [3.05, 3.63) is 100 Å². The average Bonchev–Trinajstić information content (AvgIpc) is 2.68. The number of rotatable bonds is 3. The number of nitro groups is 1. The van der Waals surface area contributed by atoms with E-state index in [4.69, 9.17) is 0 Å². The number of hydrogen-bond donors (Lipinski definition) is 1. The molecule has 5 nitrogen and oxygen atoms in total. The smallest absolute Gasteiger partial charge is 0.269 e. The van der Waals surface area contributed by atoms with Crippen LogP contribution in [0, 0.1) is 10.1 Å². The molecule has 0 aromatic heterocycles. The number of benzene rings is 3. The molecule has 25 heavy (non-hydrogen) atoms. The highest BCUT2D eigenvalue weighted by Crippen LogP contribution is 2.36. The van der Waals surface area contributed by atoms with Gasteiger partial charge in [-0.2, -0.15) is 0 Å². The lowest BCUT2D eigenvalue weighted by Crippen LogP contribution is -2.37. The molecule has 1 heterocycles. The van der Waals surface area contributed by atoms with Crippen molar-refractivity contribution in [2.24, 2.45) is 0 Å². The Morgan fingerprint density at radius 1 is 0.920 bits per heavy atom. The van der Waals surface area contributed by atoms with Crippen LogP contribution in [0.15, 0.2) is 78.9 Å². The molecule has 0 amide bonds. The van der Waals surface area contributed by atoms with E-state index in [9.17, 15) is 10.1 Å². The lowest BCUT2D eigenvalue weighted by Gasteiger charge is -2.40. The summed E-state index contributed by atoms with van der Waals surface area (Å²) in [7, 11) is 0. The molecule has 0 aliphatic carbocycles. The fraction of sp³-hybridized carbons (Fsp3) is 0.100. The second kappa shape index (κ2) is 6.28. The first-order chi connectivity index (χ1) is 12.2. The molecule has 3 aromatic carbocycles. The Kier molecular flexibility index (Phi) is 3.82. The predicted octanol–water partition coefficient (Wildman–Crippen LogP) is 4.73. The van der Waals surface area contributed by atoms with Crippen LogP contribution in [0.2, 0.25) is 0 Å². The Labute approximate surface area is 145 Å². The first-order valence-electron chi connectivity index (χ1n) is 8.13. The van der Waals surface area contributed by atoms with Gasteiger partial charge >= 0.3 is 0 Å². The van der Waals surface area contributed by atoms with Crippen molar-refractivity contribution >= 4 is 17.1 Å². The summed E-state index contributed by atoms with van der Waals surface area (Å²) in [6.45, 7) is 0.773. The Morgan fingerprint density at radius 2 is 1.60 bits per heavy atom. The van der Waals surface area contributed by atoms with Crippen LogP contribution in [-0.4, -0.2) is 4.92 Å². The van der Waals surface area contributed by atoms with Crippen molar-refractivity contribution in [2.75, 3.05) is 10.2 Å². The maximum Gasteiger partial charge on any atom is 0.269 e. The number of fused-ring (bicyclic) bond motifs is 1. The van der Waals surface area contributed by atoms with Gasteiger partial charge in [0.2, 0.25) is 0 Å². The first-order valence-corrected chi connectivity index (χ1v) is 8.13. The monoisotopic (exact) mass is 331 g/mol. The van der Waals surface area contributed by atoms with Gasteiger partial charge in [0.1, 0.15) is 6.17 Å². The summed E-state index contributed by atoms with van der Waals surface area (Å²) in [6, 6.07) is 25.2. The molecule has 0 radical (unpaired) electrons. The molecule has 3 aromatic rings. The Balaban J connectivity index is 1.75. The van der Waals surface area contributed by atoms with Crippen molar-refractivity contribution in [3.63, 3.8) is 0 Å². The second-order valence-electron chi connectivity index (χ2n) is 6.02. The van der Waals surface area contributed by atoms with Crippen LogP contribution in [0.4, 0.5) is 17.1 Å². The minimum absolute atomic E-state index is 0.0851. The summed E-state index contributed by atoms with van der Waals surface area (Å²) in [6.07, 6.45) is -0.0851. The molecule has 1 N–H and O–H groups in total. The van der Waals surface area contributed by atoms with Crippen LogP contribution < -0.4 is 10.2 Å². The van der Waals surface area contributed by atoms with E-state index in [1.54, 1.807) is 12.1 Å². The van der Waals surface area contributed by atoms with Gasteiger partial charge in [0, 0.05) is 30.1 Å². The Morgan fingerprint density at radius 3 is 2.32 bits per heavy atom. The van der Waals surface area contributed by atoms with Crippen LogP contribution in [0.5, 0.6) is 0 Å². The molecule has 5 heteroatoms. The maximum atomic E-state index is 10.9. The molecule has 0 saturated heterocycles. The van der Waals surface area contributed by atoms with Gasteiger partial charge < -0.3 is 10.2 Å². The summed E-state index contributed by atoms with van der Waals surface area (Å²) in [5.74, 6) is 0. The van der Waals surface area contributed by atoms with E-state index in [0.717, 1.165) is 23.5 Å². The standard InChI is InChI=1S/C20H17N3O2/c24-23(25)18-12-10-15(11-13-18)20-21-19-9-5-4-6-16(19)14-22(20)17-7-2-1-3-8-17/h1-13,20-21H,14H2. The zero-order chi connectivity index (χ0) is 17.2. The van der Waals surface area contributed by atoms with Crippen molar-refractivity contribution in [1.29, 1.82) is 0 Å². The average molecular weight is 331 g/mol. The lowest BCUT2D eigenvalue weighted by atomic mass is 10.0. The highest BCUT2D eigenvalue weighted by Gasteiger charge is 2.27. The quantitative estimate of drug-likeness (QED) is 0.557. The lowest BCUT2D eigenvalue weighted by molar-refractivity contribution is -0.384. The van der Waals surface area contributed by atoms with E-state index in [1.807, 2.05) is 42.5 Å². The highest BCUT2D eigenvalue weighted by atomic mass is 16.6. The van der Waals surface area contributed by atoms with Gasteiger partial charge in [0.05, 0.1) is 4.92 Å². The van der Waals surface area contributed by atoms with Crippen LogP contribution in [0.3, 0.4) is 0 Å². The zero-order valence-corrected chi connectivity index (χ0v) is 13.5. The van der Waals surface area contributed by atoms with Gasteiger partial charge in [-0.05, 0) is 41.5 Å². The molecule has 0 fully saturated rings. The van der Waals surface area contributed by atoms with Gasteiger partial charge in [-0.3, -0.25) is 10.1 Å². The molecule has 1 aliphatic heterocycles. The summed E-state index contributed by atoms with van der Waals surface area (Å²) >= 11 is 0. The van der Waals surface area contributed by atoms with Crippen LogP contribution >= 0.6 is 0 Å². The molecule has 1 atom stereocenters. The van der Waals surface area contributed by atoms with E-state index in [2.05, 4.69) is 34.5 Å². The van der Waals surface area contributed by atoms with E-state index in [1.165, 1.54) is 5.56 Å². The number of anilines is 2. The SMILES string of the molecule is O=[N+]([O-])c1ccc(C2Nc3ccccc3CN2c2ccccc2)cc1. The maximum absolute atomic E-state index is 10.9. The minimum Gasteiger partial charge on any atom is -0.361 e. The molecule has 0 spiro atoms. The summed E-state index contributed by atoms with van der Waals surface area (Å²) in [5, 5.41) is 14.5. The summed E-state index contributed by atoms with van der Waals surface area (Å²) in [5.41, 5.74) is 4.52. The molecule has 1 aliphatic rings. The number of para-hydroxylation sites is 2. The van der Waals surface area contributed by atoms with E-state index in [0.29, 0.717) is 0 Å². The number of nitrogens with zero attached hydrogens (tertiary/aromatic N) is 2. The van der Waals surface area contributed by atoms with E-state index < -0.39 is 0 Å². The number of hydrogen-bond acceptors (Lipinski definition) is 4. The highest BCUT2D eigenvalue weighted by molar-refractivity contribution is 5.62. The van der Waals surface area contributed by atoms with Crippen LogP contribution in [-0.2, 0) is 6.54 Å². The van der Waals surface area contributed by atoms with E-state index >= 15 is 0 Å². The van der Waals surface area contributed by atoms with Gasteiger partial charge in [0.25, 0.3) is 5.69 Å². The Bertz CT molecular complexity index is 894. The van der Waals surface area contributed by atoms with Crippen molar-refractivity contribution in [1.82, 2.24) is 0 Å². The molecular weight excluding hydrogens is 314 g/mol. The molecule has 1 unspecified atom stereocenters. The number of nitro benzene ring substituents is 1. The van der Waals surface area contributed by atoms with Gasteiger partial charge in [-0.1, -0.05) is 36.4 Å².